The molecule has 1 aromatic heterocycles. The predicted octanol–water partition coefficient (Wildman–Crippen LogP) is 2.80. The van der Waals surface area contributed by atoms with Crippen molar-refractivity contribution in [3.63, 3.8) is 0 Å². The Balaban J connectivity index is 2.09. The number of nitrogens with zero attached hydrogens (tertiary/aromatic N) is 3. The van der Waals surface area contributed by atoms with Gasteiger partial charge in [-0.15, -0.1) is 0 Å². The lowest BCUT2D eigenvalue weighted by Crippen LogP contribution is -1.91. The molecule has 0 aliphatic carbocycles. The van der Waals surface area contributed by atoms with Crippen LogP contribution in [0.5, 0.6) is 0 Å². The normalized spacial score (nSPS) is 11.6. The Hall–Kier alpha value is -2.01. The Kier molecular flexibility index (Phi) is 3.62. The van der Waals surface area contributed by atoms with E-state index < -0.39 is 0 Å². The highest BCUT2D eigenvalue weighted by Crippen LogP contribution is 2.00. The summed E-state index contributed by atoms with van der Waals surface area (Å²) in [6.45, 7) is 1.84. The van der Waals surface area contributed by atoms with Gasteiger partial charge in [0, 0.05) is 6.21 Å². The smallest absolute Gasteiger partial charge is 0.216 e. The molecule has 17 heavy (non-hydrogen) atoms. The third kappa shape index (κ3) is 2.98. The summed E-state index contributed by atoms with van der Waals surface area (Å²) in [5.74, 6) is 0.736. The zero-order valence-electron chi connectivity index (χ0n) is 9.37. The number of aromatic amines is 1. The highest BCUT2D eigenvalue weighted by molar-refractivity contribution is 7.71. The quantitative estimate of drug-likeness (QED) is 0.666. The van der Waals surface area contributed by atoms with Crippen molar-refractivity contribution in [3.8, 4) is 0 Å². The summed E-state index contributed by atoms with van der Waals surface area (Å²) in [6.07, 6.45) is 5.53. The third-order valence-corrected chi connectivity index (χ3v) is 2.43. The van der Waals surface area contributed by atoms with E-state index in [9.17, 15) is 0 Å². The fourth-order valence-corrected chi connectivity index (χ4v) is 1.55. The van der Waals surface area contributed by atoms with E-state index in [1.165, 1.54) is 0 Å². The van der Waals surface area contributed by atoms with Gasteiger partial charge < -0.3 is 0 Å². The van der Waals surface area contributed by atoms with Gasteiger partial charge in [-0.2, -0.15) is 14.9 Å². The van der Waals surface area contributed by atoms with Gasteiger partial charge >= 0.3 is 0 Å². The lowest BCUT2D eigenvalue weighted by Gasteiger charge is -1.91. The largest absolute Gasteiger partial charge is 0.250 e. The molecule has 0 aliphatic rings. The number of aryl methyl sites for hydroxylation is 1. The van der Waals surface area contributed by atoms with E-state index in [1.807, 2.05) is 49.4 Å². The van der Waals surface area contributed by atoms with Gasteiger partial charge in [-0.25, -0.2) is 0 Å². The van der Waals surface area contributed by atoms with Crippen molar-refractivity contribution in [1.29, 1.82) is 0 Å². The standard InChI is InChI=1S/C12H12N4S/c1-10-14-15-12(17)16(10)13-9-5-8-11-6-3-2-4-7-11/h2-9H,1H3,(H,15,17)/b8-5-,13-9+. The maximum absolute atomic E-state index is 5.02. The number of nitrogens with one attached hydrogen (secondary N) is 1. The molecule has 0 aliphatic heterocycles. The van der Waals surface area contributed by atoms with Crippen molar-refractivity contribution in [2.75, 3.05) is 0 Å². The number of benzene rings is 1. The second kappa shape index (κ2) is 5.36. The maximum Gasteiger partial charge on any atom is 0.216 e. The van der Waals surface area contributed by atoms with Gasteiger partial charge in [0.1, 0.15) is 5.82 Å². The average Bonchev–Trinajstić information content (AvgIpc) is 2.67. The van der Waals surface area contributed by atoms with Crippen LogP contribution in [0.25, 0.3) is 6.08 Å². The Morgan fingerprint density at radius 3 is 2.76 bits per heavy atom. The summed E-state index contributed by atoms with van der Waals surface area (Å²) < 4.78 is 2.07. The minimum atomic E-state index is 0.492. The molecule has 0 fully saturated rings. The van der Waals surface area contributed by atoms with Gasteiger partial charge in [0.2, 0.25) is 4.77 Å². The summed E-state index contributed by atoms with van der Waals surface area (Å²) in [5.41, 5.74) is 1.13. The molecule has 5 heteroatoms. The van der Waals surface area contributed by atoms with Crippen molar-refractivity contribution in [2.24, 2.45) is 5.10 Å². The van der Waals surface area contributed by atoms with Crippen LogP contribution in [-0.2, 0) is 0 Å². The summed E-state index contributed by atoms with van der Waals surface area (Å²) in [5, 5.41) is 10.8. The van der Waals surface area contributed by atoms with Crippen LogP contribution in [0.1, 0.15) is 11.4 Å². The van der Waals surface area contributed by atoms with Crippen LogP contribution < -0.4 is 0 Å². The molecule has 2 aromatic rings. The molecule has 0 bridgehead atoms. The number of aromatic nitrogens is 3. The van der Waals surface area contributed by atoms with Crippen LogP contribution in [0.3, 0.4) is 0 Å². The number of hydrogen-bond donors (Lipinski definition) is 1. The van der Waals surface area contributed by atoms with Crippen molar-refractivity contribution >= 4 is 24.5 Å². The fraction of sp³-hybridized carbons (Fsp3) is 0.0833. The summed E-state index contributed by atoms with van der Waals surface area (Å²) in [6, 6.07) is 10.0. The molecule has 1 aromatic carbocycles. The summed E-state index contributed by atoms with van der Waals surface area (Å²) in [7, 11) is 0. The molecule has 4 nitrogen and oxygen atoms in total. The Morgan fingerprint density at radius 2 is 2.12 bits per heavy atom. The summed E-state index contributed by atoms with van der Waals surface area (Å²) in [4.78, 5) is 0. The van der Waals surface area contributed by atoms with Gasteiger partial charge in [0.05, 0.1) is 0 Å². The Bertz CT molecular complexity index is 592. The Labute approximate surface area is 104 Å². The van der Waals surface area contributed by atoms with Crippen molar-refractivity contribution < 1.29 is 0 Å². The van der Waals surface area contributed by atoms with Crippen LogP contribution in [0.15, 0.2) is 41.5 Å². The third-order valence-electron chi connectivity index (χ3n) is 2.17. The van der Waals surface area contributed by atoms with E-state index in [4.69, 9.17) is 12.2 Å². The van der Waals surface area contributed by atoms with Crippen LogP contribution in [0.4, 0.5) is 0 Å². The molecule has 0 atom stereocenters. The number of rotatable bonds is 3. The number of H-pyrrole nitrogens is 1. The topological polar surface area (TPSA) is 46.0 Å². The van der Waals surface area contributed by atoms with E-state index in [0.717, 1.165) is 11.4 Å². The first-order chi connectivity index (χ1) is 8.27. The molecule has 2 rings (SSSR count). The first-order valence-electron chi connectivity index (χ1n) is 5.17. The van der Waals surface area contributed by atoms with E-state index in [2.05, 4.69) is 15.3 Å². The SMILES string of the molecule is Cc1n[nH]c(=S)n1/N=C/C=C\c1ccccc1. The van der Waals surface area contributed by atoms with Gasteiger partial charge in [0.25, 0.3) is 0 Å². The molecular weight excluding hydrogens is 232 g/mol. The molecule has 0 unspecified atom stereocenters. The summed E-state index contributed by atoms with van der Waals surface area (Å²) >= 11 is 5.02. The van der Waals surface area contributed by atoms with Crippen molar-refractivity contribution in [1.82, 2.24) is 14.9 Å². The van der Waals surface area contributed by atoms with Crippen LogP contribution in [0.2, 0.25) is 0 Å². The molecule has 1 heterocycles. The van der Waals surface area contributed by atoms with Gasteiger partial charge in [-0.1, -0.05) is 36.4 Å². The fourth-order valence-electron chi connectivity index (χ4n) is 1.33. The van der Waals surface area contributed by atoms with E-state index in [-0.39, 0.29) is 0 Å². The lowest BCUT2D eigenvalue weighted by atomic mass is 10.2. The first-order valence-corrected chi connectivity index (χ1v) is 5.58. The minimum Gasteiger partial charge on any atom is -0.250 e. The molecule has 0 amide bonds. The van der Waals surface area contributed by atoms with Gasteiger partial charge in [-0.3, -0.25) is 5.10 Å². The van der Waals surface area contributed by atoms with E-state index in [0.29, 0.717) is 4.77 Å². The zero-order chi connectivity index (χ0) is 12.1. The van der Waals surface area contributed by atoms with Crippen LogP contribution in [-0.4, -0.2) is 21.1 Å². The molecule has 0 radical (unpaired) electrons. The average molecular weight is 244 g/mol. The molecule has 0 saturated heterocycles. The second-order valence-electron chi connectivity index (χ2n) is 3.42. The number of hydrogen-bond acceptors (Lipinski definition) is 3. The van der Waals surface area contributed by atoms with Gasteiger partial charge in [-0.05, 0) is 30.8 Å². The molecular formula is C12H12N4S. The first kappa shape index (κ1) is 11.5. The van der Waals surface area contributed by atoms with Crippen LogP contribution in [0, 0.1) is 11.7 Å². The minimum absolute atomic E-state index is 0.492. The molecule has 86 valence electrons. The maximum atomic E-state index is 5.02. The van der Waals surface area contributed by atoms with Crippen molar-refractivity contribution in [3.05, 3.63) is 52.6 Å². The lowest BCUT2D eigenvalue weighted by molar-refractivity contribution is 0.821. The molecule has 1 N–H and O–H groups in total. The van der Waals surface area contributed by atoms with E-state index >= 15 is 0 Å². The van der Waals surface area contributed by atoms with Gasteiger partial charge in [0.15, 0.2) is 0 Å². The molecule has 0 spiro atoms. The molecule has 0 saturated carbocycles. The van der Waals surface area contributed by atoms with E-state index in [1.54, 1.807) is 10.9 Å². The number of allylic oxidation sites excluding steroid dienone is 1. The van der Waals surface area contributed by atoms with Crippen LogP contribution >= 0.6 is 12.2 Å². The van der Waals surface area contributed by atoms with Crippen molar-refractivity contribution in [2.45, 2.75) is 6.92 Å². The predicted molar refractivity (Wildman–Crippen MR) is 71.5 cm³/mol. The zero-order valence-corrected chi connectivity index (χ0v) is 10.2. The highest BCUT2D eigenvalue weighted by Gasteiger charge is 1.95. The second-order valence-corrected chi connectivity index (χ2v) is 3.81. The Morgan fingerprint density at radius 1 is 1.35 bits per heavy atom. The monoisotopic (exact) mass is 244 g/mol. The highest BCUT2D eigenvalue weighted by atomic mass is 32.1.